The van der Waals surface area contributed by atoms with Crippen LogP contribution in [0.4, 0.5) is 0 Å². The van der Waals surface area contributed by atoms with Crippen LogP contribution in [0.1, 0.15) is 13.8 Å². The molecule has 0 aliphatic rings. The van der Waals surface area contributed by atoms with Gasteiger partial charge in [0.1, 0.15) is 0 Å². The third-order valence-corrected chi connectivity index (χ3v) is 6.49. The van der Waals surface area contributed by atoms with Crippen LogP contribution < -0.4 is 0 Å². The van der Waals surface area contributed by atoms with E-state index in [4.69, 9.17) is 13.1 Å². The van der Waals surface area contributed by atoms with Gasteiger partial charge in [-0.3, -0.25) is 9.69 Å². The van der Waals surface area contributed by atoms with E-state index >= 15 is 0 Å². The van der Waals surface area contributed by atoms with Crippen LogP contribution >= 0.6 is 0 Å². The van der Waals surface area contributed by atoms with Gasteiger partial charge in [0.2, 0.25) is 0 Å². The summed E-state index contributed by atoms with van der Waals surface area (Å²) in [6.45, 7) is 15.1. The second kappa shape index (κ2) is 17.8. The zero-order valence-corrected chi connectivity index (χ0v) is 22.3. The molecule has 0 atom stereocenters. The van der Waals surface area contributed by atoms with Crippen LogP contribution in [0.5, 0.6) is 0 Å². The zero-order valence-electron chi connectivity index (χ0n) is 19.0. The SMILES string of the molecule is CCN(CC)S(=O)(=O)[O-].CN(C)S(=O)(=O)[O-].CN(C)S(=O)(=O)[O-].[C-]#[N+]CN(C[N+]#[C-])S(=O)(=O)[O-]. The molecule has 0 aliphatic heterocycles. The van der Waals surface area contributed by atoms with Crippen LogP contribution in [0.2, 0.25) is 0 Å². The summed E-state index contributed by atoms with van der Waals surface area (Å²) in [4.78, 5) is 5.35. The molecule has 0 amide bonds. The minimum absolute atomic E-state index is 0.252. The lowest BCUT2D eigenvalue weighted by atomic mass is 10.7. The summed E-state index contributed by atoms with van der Waals surface area (Å²) in [6.07, 6.45) is 0. The van der Waals surface area contributed by atoms with Crippen molar-refractivity contribution in [1.82, 2.24) is 17.2 Å². The first-order chi connectivity index (χ1) is 14.9. The van der Waals surface area contributed by atoms with Gasteiger partial charge in [-0.2, -0.15) is 0 Å². The monoisotopic (exact) mass is 574 g/mol. The standard InChI is InChI=1S/C4H5N3O3S.C4H11NO3S.2C2H7NO3S/c1-5-3-7(4-6-2)11(8,9)10;1-3-5(4-2)9(6,7)8;2*1-3(2)7(4,5)6/h3-4H2,(H,8,9,10);3-4H2,1-2H3,(H,6,7,8);2*1-2H3,(H,4,5,6)/p-4. The minimum Gasteiger partial charge on any atom is -0.735 e. The van der Waals surface area contributed by atoms with Crippen molar-refractivity contribution < 1.29 is 51.9 Å². The molecule has 0 aromatic heterocycles. The second-order valence-corrected chi connectivity index (χ2v) is 11.4. The van der Waals surface area contributed by atoms with E-state index in [2.05, 4.69) is 9.69 Å². The normalized spacial score (nSPS) is 11.9. The van der Waals surface area contributed by atoms with Gasteiger partial charge in [0.15, 0.2) is 41.2 Å². The largest absolute Gasteiger partial charge is 0.735 e. The van der Waals surface area contributed by atoms with Crippen molar-refractivity contribution in [3.05, 3.63) is 22.8 Å². The first-order valence-corrected chi connectivity index (χ1v) is 13.7. The van der Waals surface area contributed by atoms with Crippen LogP contribution in [-0.4, -0.2) is 124 Å². The molecular weight excluding hydrogens is 548 g/mol. The topological polar surface area (TPSA) is 250 Å². The van der Waals surface area contributed by atoms with Crippen molar-refractivity contribution in [2.45, 2.75) is 13.8 Å². The van der Waals surface area contributed by atoms with Crippen molar-refractivity contribution >= 4 is 41.2 Å². The average molecular weight is 575 g/mol. The van der Waals surface area contributed by atoms with Gasteiger partial charge in [0.05, 0.1) is 0 Å². The Kier molecular flexibility index (Phi) is 20.8. The van der Waals surface area contributed by atoms with Crippen LogP contribution in [0, 0.1) is 13.1 Å². The van der Waals surface area contributed by atoms with Gasteiger partial charge in [0.25, 0.3) is 13.3 Å². The van der Waals surface area contributed by atoms with E-state index in [-0.39, 0.29) is 17.4 Å². The summed E-state index contributed by atoms with van der Waals surface area (Å²) < 4.78 is 122. The van der Waals surface area contributed by atoms with Gasteiger partial charge in [-0.05, 0) is 0 Å². The predicted octanol–water partition coefficient (Wildman–Crippen LogP) is -2.69. The molecule has 0 rings (SSSR count). The molecular formula is C12H26N6O12S4-4. The molecule has 0 aliphatic carbocycles. The fraction of sp³-hybridized carbons (Fsp3) is 0.833. The van der Waals surface area contributed by atoms with Crippen molar-refractivity contribution in [2.75, 3.05) is 54.6 Å². The fourth-order valence-corrected chi connectivity index (χ4v) is 1.91. The van der Waals surface area contributed by atoms with Crippen molar-refractivity contribution in [3.63, 3.8) is 0 Å². The predicted molar refractivity (Wildman–Crippen MR) is 114 cm³/mol. The van der Waals surface area contributed by atoms with E-state index in [1.165, 1.54) is 28.2 Å². The average Bonchev–Trinajstić information content (AvgIpc) is 2.60. The molecule has 34 heavy (non-hydrogen) atoms. The van der Waals surface area contributed by atoms with Gasteiger partial charge in [0, 0.05) is 41.3 Å². The van der Waals surface area contributed by atoms with Crippen LogP contribution in [0.25, 0.3) is 9.69 Å². The number of hydrogen-bond acceptors (Lipinski definition) is 12. The highest BCUT2D eigenvalue weighted by molar-refractivity contribution is 7.84. The minimum atomic E-state index is -4.63. The Hall–Kier alpha value is -1.54. The summed E-state index contributed by atoms with van der Waals surface area (Å²) >= 11 is 0. The highest BCUT2D eigenvalue weighted by atomic mass is 32.2. The lowest BCUT2D eigenvalue weighted by Crippen LogP contribution is -2.29. The quantitative estimate of drug-likeness (QED) is 0.212. The lowest BCUT2D eigenvalue weighted by molar-refractivity contribution is 0.359. The van der Waals surface area contributed by atoms with E-state index in [0.29, 0.717) is 8.61 Å². The first-order valence-electron chi connectivity index (χ1n) is 8.28. The molecule has 18 nitrogen and oxygen atoms in total. The van der Waals surface area contributed by atoms with E-state index in [0.717, 1.165) is 4.31 Å². The molecule has 0 radical (unpaired) electrons. The Morgan fingerprint density at radius 2 is 0.765 bits per heavy atom. The Labute approximate surface area is 201 Å². The van der Waals surface area contributed by atoms with Crippen LogP contribution in [-0.2, 0) is 41.2 Å². The molecule has 0 aromatic carbocycles. The van der Waals surface area contributed by atoms with E-state index < -0.39 is 54.6 Å². The molecule has 0 bridgehead atoms. The molecule has 22 heteroatoms. The van der Waals surface area contributed by atoms with Crippen LogP contribution in [0.15, 0.2) is 0 Å². The lowest BCUT2D eigenvalue weighted by Gasteiger charge is -2.20. The molecule has 204 valence electrons. The molecule has 0 aromatic rings. The summed E-state index contributed by atoms with van der Waals surface area (Å²) in [7, 11) is -12.4. The molecule has 0 saturated carbocycles. The Morgan fingerprint density at radius 1 is 0.559 bits per heavy atom. The number of rotatable bonds is 8. The maximum atomic E-state index is 10.2. The maximum absolute atomic E-state index is 10.2. The van der Waals surface area contributed by atoms with Gasteiger partial charge in [-0.25, -0.2) is 59.7 Å². The Bertz CT molecular complexity index is 1020. The van der Waals surface area contributed by atoms with Crippen molar-refractivity contribution in [2.24, 2.45) is 0 Å². The molecule has 0 N–H and O–H groups in total. The Balaban J connectivity index is -0.000000180. The smallest absolute Gasteiger partial charge is 0.288 e. The Morgan fingerprint density at radius 3 is 0.824 bits per heavy atom. The van der Waals surface area contributed by atoms with E-state index in [9.17, 15) is 51.9 Å². The fourth-order valence-electron chi connectivity index (χ4n) is 0.884. The van der Waals surface area contributed by atoms with Gasteiger partial charge in [-0.15, -0.1) is 0 Å². The summed E-state index contributed by atoms with van der Waals surface area (Å²) in [5.41, 5.74) is 0. The second-order valence-electron chi connectivity index (χ2n) is 5.53. The van der Waals surface area contributed by atoms with Gasteiger partial charge in [-0.1, -0.05) is 18.2 Å². The van der Waals surface area contributed by atoms with E-state index in [1.807, 2.05) is 0 Å². The van der Waals surface area contributed by atoms with Crippen LogP contribution in [0.3, 0.4) is 0 Å². The molecule has 0 saturated heterocycles. The van der Waals surface area contributed by atoms with Crippen molar-refractivity contribution in [3.8, 4) is 0 Å². The number of nitrogens with zero attached hydrogens (tertiary/aromatic N) is 6. The maximum Gasteiger partial charge on any atom is 0.288 e. The first kappa shape index (κ1) is 39.7. The van der Waals surface area contributed by atoms with E-state index in [1.54, 1.807) is 13.8 Å². The summed E-state index contributed by atoms with van der Waals surface area (Å²) in [6, 6.07) is 0. The van der Waals surface area contributed by atoms with Crippen molar-refractivity contribution in [1.29, 1.82) is 0 Å². The molecule has 0 spiro atoms. The molecule has 0 unspecified atom stereocenters. The van der Waals surface area contributed by atoms with Gasteiger partial charge < -0.3 is 18.2 Å². The zero-order chi connectivity index (χ0) is 28.6. The highest BCUT2D eigenvalue weighted by Gasteiger charge is 2.16. The summed E-state index contributed by atoms with van der Waals surface area (Å²) in [5.74, 6) is 0. The van der Waals surface area contributed by atoms with Gasteiger partial charge >= 0.3 is 0 Å². The molecule has 0 heterocycles. The third kappa shape index (κ3) is 25.1. The number of hydrogen-bond donors (Lipinski definition) is 0. The highest BCUT2D eigenvalue weighted by Crippen LogP contribution is 1.96. The molecule has 0 fully saturated rings. The summed E-state index contributed by atoms with van der Waals surface area (Å²) in [5, 5.41) is 0. The third-order valence-electron chi connectivity index (χ3n) is 2.69.